The molecule has 186 valence electrons. The maximum absolute atomic E-state index is 12.2. The van der Waals surface area contributed by atoms with E-state index in [2.05, 4.69) is 34.4 Å². The summed E-state index contributed by atoms with van der Waals surface area (Å²) in [5.41, 5.74) is 3.85. The predicted octanol–water partition coefficient (Wildman–Crippen LogP) is 3.43. The number of carboxylic acids is 1. The summed E-state index contributed by atoms with van der Waals surface area (Å²) in [5.74, 6) is -1.19. The first-order valence-electron chi connectivity index (χ1n) is 11.3. The van der Waals surface area contributed by atoms with Crippen molar-refractivity contribution in [2.24, 2.45) is 0 Å². The summed E-state index contributed by atoms with van der Waals surface area (Å²) in [6, 6.07) is 13.8. The van der Waals surface area contributed by atoms with Gasteiger partial charge < -0.3 is 10.4 Å². The average Bonchev–Trinajstić information content (AvgIpc) is 3.31. The van der Waals surface area contributed by atoms with Crippen molar-refractivity contribution in [3.8, 4) is 11.1 Å². The van der Waals surface area contributed by atoms with Crippen LogP contribution in [0.2, 0.25) is 0 Å². The molecule has 0 saturated heterocycles. The number of aryl methyl sites for hydroxylation is 1. The van der Waals surface area contributed by atoms with Crippen LogP contribution in [0, 0.1) is 6.92 Å². The molecule has 0 aliphatic rings. The second kappa shape index (κ2) is 11.3. The molecule has 0 fully saturated rings. The van der Waals surface area contributed by atoms with E-state index in [0.29, 0.717) is 24.5 Å². The van der Waals surface area contributed by atoms with E-state index in [4.69, 9.17) is 5.11 Å². The van der Waals surface area contributed by atoms with E-state index in [1.54, 1.807) is 18.2 Å². The van der Waals surface area contributed by atoms with Crippen molar-refractivity contribution in [2.75, 3.05) is 25.9 Å². The zero-order valence-corrected chi connectivity index (χ0v) is 20.9. The molecule has 1 heterocycles. The number of hydrogen-bond acceptors (Lipinski definition) is 6. The quantitative estimate of drug-likeness (QED) is 0.439. The molecule has 10 heteroatoms. The van der Waals surface area contributed by atoms with Gasteiger partial charge in [-0.15, -0.1) is 0 Å². The molecule has 0 aliphatic heterocycles. The Morgan fingerprint density at radius 3 is 2.46 bits per heavy atom. The number of nitrogens with zero attached hydrogens (tertiary/aromatic N) is 3. The fourth-order valence-electron chi connectivity index (χ4n) is 3.74. The molecule has 0 unspecified atom stereocenters. The molecule has 0 bridgehead atoms. The predicted molar refractivity (Wildman–Crippen MR) is 133 cm³/mol. The van der Waals surface area contributed by atoms with Gasteiger partial charge in [0.25, 0.3) is 0 Å². The van der Waals surface area contributed by atoms with E-state index in [0.717, 1.165) is 39.9 Å². The highest BCUT2D eigenvalue weighted by Crippen LogP contribution is 2.25. The standard InChI is InChI=1S/C25H30N4O5S/c1-4-12-28(14-11-26-25(32)29-13-10-23(27-29)24(30)31)17-21-9-8-20(15-18(21)2)19-6-5-7-22(16-19)35(3,33)34/h5-10,13,15-16H,4,11-12,14,17H2,1-3H3,(H,26,32)(H,30,31). The van der Waals surface area contributed by atoms with Gasteiger partial charge in [-0.1, -0.05) is 37.3 Å². The average molecular weight is 499 g/mol. The first-order chi connectivity index (χ1) is 16.6. The van der Waals surface area contributed by atoms with Gasteiger partial charge in [-0.3, -0.25) is 4.90 Å². The van der Waals surface area contributed by atoms with Gasteiger partial charge in [-0.25, -0.2) is 18.0 Å². The minimum atomic E-state index is -3.28. The van der Waals surface area contributed by atoms with Crippen molar-refractivity contribution < 1.29 is 23.1 Å². The van der Waals surface area contributed by atoms with Gasteiger partial charge in [0.15, 0.2) is 15.5 Å². The number of rotatable bonds is 10. The molecule has 2 N–H and O–H groups in total. The number of hydrogen-bond donors (Lipinski definition) is 2. The molecule has 0 aliphatic carbocycles. The van der Waals surface area contributed by atoms with Gasteiger partial charge in [0.2, 0.25) is 0 Å². The Bertz CT molecular complexity index is 1320. The monoisotopic (exact) mass is 498 g/mol. The van der Waals surface area contributed by atoms with Crippen LogP contribution >= 0.6 is 0 Å². The number of carbonyl (C=O) groups is 2. The lowest BCUT2D eigenvalue weighted by molar-refractivity contribution is 0.0690. The van der Waals surface area contributed by atoms with E-state index in [1.165, 1.54) is 18.5 Å². The maximum atomic E-state index is 12.2. The molecule has 1 amide bonds. The largest absolute Gasteiger partial charge is 0.476 e. The summed E-state index contributed by atoms with van der Waals surface area (Å²) in [6.07, 6.45) is 3.47. The lowest BCUT2D eigenvalue weighted by Gasteiger charge is -2.23. The summed E-state index contributed by atoms with van der Waals surface area (Å²) in [4.78, 5) is 25.7. The molecule has 9 nitrogen and oxygen atoms in total. The summed E-state index contributed by atoms with van der Waals surface area (Å²) >= 11 is 0. The van der Waals surface area contributed by atoms with Gasteiger partial charge in [0.1, 0.15) is 0 Å². The SMILES string of the molecule is CCCN(CCNC(=O)n1ccc(C(=O)O)n1)Cc1ccc(-c2cccc(S(C)(=O)=O)c2)cc1C. The molecular weight excluding hydrogens is 468 g/mol. The smallest absolute Gasteiger partial charge is 0.356 e. The second-order valence-electron chi connectivity index (χ2n) is 8.40. The number of aromatic carboxylic acids is 1. The molecule has 0 radical (unpaired) electrons. The fraction of sp³-hybridized carbons (Fsp3) is 0.320. The van der Waals surface area contributed by atoms with Crippen LogP contribution in [0.4, 0.5) is 4.79 Å². The summed E-state index contributed by atoms with van der Waals surface area (Å²) in [5, 5.41) is 15.4. The van der Waals surface area contributed by atoms with Crippen LogP contribution in [0.15, 0.2) is 59.6 Å². The lowest BCUT2D eigenvalue weighted by Crippen LogP contribution is -2.37. The number of carbonyl (C=O) groups excluding carboxylic acids is 1. The molecule has 0 spiro atoms. The number of nitrogens with one attached hydrogen (secondary N) is 1. The molecule has 3 rings (SSSR count). The molecule has 3 aromatic rings. The zero-order valence-electron chi connectivity index (χ0n) is 20.1. The van der Waals surface area contributed by atoms with Gasteiger partial charge in [0.05, 0.1) is 4.90 Å². The first-order valence-corrected chi connectivity index (χ1v) is 13.2. The Morgan fingerprint density at radius 1 is 1.09 bits per heavy atom. The molecule has 1 aromatic heterocycles. The van der Waals surface area contributed by atoms with Crippen LogP contribution in [0.5, 0.6) is 0 Å². The van der Waals surface area contributed by atoms with Gasteiger partial charge in [-0.05, 0) is 60.3 Å². The third-order valence-electron chi connectivity index (χ3n) is 5.59. The van der Waals surface area contributed by atoms with E-state index in [9.17, 15) is 18.0 Å². The Morgan fingerprint density at radius 2 is 1.83 bits per heavy atom. The zero-order chi connectivity index (χ0) is 25.6. The van der Waals surface area contributed by atoms with Crippen LogP contribution < -0.4 is 5.32 Å². The minimum absolute atomic E-state index is 0.185. The highest BCUT2D eigenvalue weighted by atomic mass is 32.2. The normalized spacial score (nSPS) is 11.5. The molecule has 2 aromatic carbocycles. The van der Waals surface area contributed by atoms with Crippen molar-refractivity contribution in [3.63, 3.8) is 0 Å². The van der Waals surface area contributed by atoms with Crippen molar-refractivity contribution in [3.05, 3.63) is 71.5 Å². The summed E-state index contributed by atoms with van der Waals surface area (Å²) < 4.78 is 24.8. The lowest BCUT2D eigenvalue weighted by atomic mass is 9.99. The van der Waals surface area contributed by atoms with Crippen LogP contribution in [-0.4, -0.2) is 66.1 Å². The number of aromatic nitrogens is 2. The second-order valence-corrected chi connectivity index (χ2v) is 10.4. The van der Waals surface area contributed by atoms with Crippen LogP contribution in [0.1, 0.15) is 35.0 Å². The van der Waals surface area contributed by atoms with E-state index in [-0.39, 0.29) is 5.69 Å². The Hall–Kier alpha value is -3.50. The van der Waals surface area contributed by atoms with Crippen molar-refractivity contribution >= 4 is 21.8 Å². The number of carboxylic acid groups (broad SMARTS) is 1. The van der Waals surface area contributed by atoms with Crippen LogP contribution in [0.25, 0.3) is 11.1 Å². The topological polar surface area (TPSA) is 122 Å². The molecule has 0 atom stereocenters. The Balaban J connectivity index is 1.64. The number of benzene rings is 2. The van der Waals surface area contributed by atoms with Crippen molar-refractivity contribution in [1.82, 2.24) is 20.0 Å². The Labute approximate surface area is 205 Å². The van der Waals surface area contributed by atoms with Crippen LogP contribution in [-0.2, 0) is 16.4 Å². The van der Waals surface area contributed by atoms with Crippen LogP contribution in [0.3, 0.4) is 0 Å². The highest BCUT2D eigenvalue weighted by molar-refractivity contribution is 7.90. The summed E-state index contributed by atoms with van der Waals surface area (Å²) in [7, 11) is -3.28. The van der Waals surface area contributed by atoms with E-state index >= 15 is 0 Å². The maximum Gasteiger partial charge on any atom is 0.356 e. The minimum Gasteiger partial charge on any atom is -0.476 e. The van der Waals surface area contributed by atoms with E-state index in [1.807, 2.05) is 19.1 Å². The van der Waals surface area contributed by atoms with Gasteiger partial charge in [-0.2, -0.15) is 9.78 Å². The molecule has 35 heavy (non-hydrogen) atoms. The highest BCUT2D eigenvalue weighted by Gasteiger charge is 2.13. The fourth-order valence-corrected chi connectivity index (χ4v) is 4.41. The third kappa shape index (κ3) is 7.00. The Kier molecular flexibility index (Phi) is 8.42. The van der Waals surface area contributed by atoms with Crippen molar-refractivity contribution in [2.45, 2.75) is 31.7 Å². The third-order valence-corrected chi connectivity index (χ3v) is 6.70. The number of sulfone groups is 1. The van der Waals surface area contributed by atoms with E-state index < -0.39 is 21.8 Å². The summed E-state index contributed by atoms with van der Waals surface area (Å²) in [6.45, 7) is 6.67. The van der Waals surface area contributed by atoms with Gasteiger partial charge in [0, 0.05) is 32.1 Å². The first kappa shape index (κ1) is 26.1. The van der Waals surface area contributed by atoms with Gasteiger partial charge >= 0.3 is 12.0 Å². The molecular formula is C25H30N4O5S. The molecule has 0 saturated carbocycles. The number of amides is 1. The van der Waals surface area contributed by atoms with Crippen molar-refractivity contribution in [1.29, 1.82) is 0 Å².